The van der Waals surface area contributed by atoms with E-state index < -0.39 is 0 Å². The summed E-state index contributed by atoms with van der Waals surface area (Å²) in [4.78, 5) is 14.2. The smallest absolute Gasteiger partial charge is 0.222 e. The van der Waals surface area contributed by atoms with Gasteiger partial charge in [-0.1, -0.05) is 32.6 Å². The molecule has 17 heavy (non-hydrogen) atoms. The Hall–Kier alpha value is -0.240. The quantitative estimate of drug-likeness (QED) is 0.707. The molecule has 2 unspecified atom stereocenters. The van der Waals surface area contributed by atoms with Crippen molar-refractivity contribution >= 4 is 17.5 Å². The maximum atomic E-state index is 12.2. The molecule has 1 saturated heterocycles. The highest BCUT2D eigenvalue weighted by Crippen LogP contribution is 2.30. The maximum Gasteiger partial charge on any atom is 0.222 e. The van der Waals surface area contributed by atoms with Gasteiger partial charge in [-0.3, -0.25) is 4.79 Å². The third kappa shape index (κ3) is 3.15. The summed E-state index contributed by atoms with van der Waals surface area (Å²) in [5.41, 5.74) is 0. The van der Waals surface area contributed by atoms with Crippen LogP contribution in [-0.4, -0.2) is 29.3 Å². The Morgan fingerprint density at radius 3 is 2.65 bits per heavy atom. The van der Waals surface area contributed by atoms with E-state index in [1.165, 1.54) is 25.7 Å². The van der Waals surface area contributed by atoms with Crippen molar-refractivity contribution in [1.29, 1.82) is 0 Å². The van der Waals surface area contributed by atoms with Gasteiger partial charge in [0, 0.05) is 24.9 Å². The molecule has 0 spiro atoms. The summed E-state index contributed by atoms with van der Waals surface area (Å²) in [6.45, 7) is 3.12. The predicted octanol–water partition coefficient (Wildman–Crippen LogP) is 3.43. The second-order valence-electron chi connectivity index (χ2n) is 5.76. The van der Waals surface area contributed by atoms with Crippen LogP contribution in [0.3, 0.4) is 0 Å². The lowest BCUT2D eigenvalue weighted by Crippen LogP contribution is -2.38. The van der Waals surface area contributed by atoms with Crippen LogP contribution in [0.1, 0.15) is 51.9 Å². The summed E-state index contributed by atoms with van der Waals surface area (Å²) in [6, 6.07) is 0.285. The van der Waals surface area contributed by atoms with Crippen LogP contribution in [0.2, 0.25) is 0 Å². The molecule has 2 fully saturated rings. The first-order chi connectivity index (χ1) is 8.22. The molecular weight excluding hydrogens is 234 g/mol. The predicted molar refractivity (Wildman–Crippen MR) is 71.2 cm³/mol. The molecule has 1 heterocycles. The van der Waals surface area contributed by atoms with E-state index in [-0.39, 0.29) is 6.04 Å². The Bertz CT molecular complexity index is 263. The zero-order valence-electron chi connectivity index (χ0n) is 10.8. The van der Waals surface area contributed by atoms with E-state index >= 15 is 0 Å². The van der Waals surface area contributed by atoms with Crippen molar-refractivity contribution in [3.8, 4) is 0 Å². The van der Waals surface area contributed by atoms with Crippen molar-refractivity contribution in [2.24, 2.45) is 11.8 Å². The van der Waals surface area contributed by atoms with Crippen molar-refractivity contribution in [3.05, 3.63) is 0 Å². The lowest BCUT2D eigenvalue weighted by atomic mass is 10.0. The van der Waals surface area contributed by atoms with Crippen molar-refractivity contribution in [3.63, 3.8) is 0 Å². The molecule has 2 aliphatic rings. The van der Waals surface area contributed by atoms with Crippen LogP contribution in [0.4, 0.5) is 0 Å². The summed E-state index contributed by atoms with van der Waals surface area (Å²) in [5, 5.41) is 0. The Morgan fingerprint density at radius 2 is 2.00 bits per heavy atom. The van der Waals surface area contributed by atoms with Crippen LogP contribution in [0, 0.1) is 11.8 Å². The highest BCUT2D eigenvalue weighted by molar-refractivity contribution is 6.18. The molecule has 1 aliphatic carbocycles. The molecule has 0 N–H and O–H groups in total. The van der Waals surface area contributed by atoms with Gasteiger partial charge in [0.15, 0.2) is 0 Å². The van der Waals surface area contributed by atoms with Crippen LogP contribution in [0.15, 0.2) is 0 Å². The highest BCUT2D eigenvalue weighted by atomic mass is 35.5. The summed E-state index contributed by atoms with van der Waals surface area (Å²) >= 11 is 5.97. The number of likely N-dealkylation sites (tertiary alicyclic amines) is 1. The van der Waals surface area contributed by atoms with Gasteiger partial charge in [0.1, 0.15) is 0 Å². The van der Waals surface area contributed by atoms with Crippen LogP contribution in [0.25, 0.3) is 0 Å². The number of carbonyl (C=O) groups is 1. The number of nitrogens with zero attached hydrogens (tertiary/aromatic N) is 1. The molecule has 0 bridgehead atoms. The normalized spacial score (nSPS) is 30.1. The van der Waals surface area contributed by atoms with Gasteiger partial charge in [0.25, 0.3) is 0 Å². The third-order valence-corrected chi connectivity index (χ3v) is 4.92. The second-order valence-corrected chi connectivity index (χ2v) is 6.07. The zero-order valence-corrected chi connectivity index (χ0v) is 11.6. The van der Waals surface area contributed by atoms with Crippen LogP contribution < -0.4 is 0 Å². The first kappa shape index (κ1) is 13.2. The first-order valence-electron chi connectivity index (χ1n) is 7.07. The topological polar surface area (TPSA) is 20.3 Å². The number of hydrogen-bond acceptors (Lipinski definition) is 1. The molecule has 1 saturated carbocycles. The fourth-order valence-corrected chi connectivity index (χ4v) is 3.79. The summed E-state index contributed by atoms with van der Waals surface area (Å²) in [7, 11) is 0. The number of alkyl halides is 1. The lowest BCUT2D eigenvalue weighted by molar-refractivity contribution is -0.132. The highest BCUT2D eigenvalue weighted by Gasteiger charge is 2.33. The van der Waals surface area contributed by atoms with Gasteiger partial charge >= 0.3 is 0 Å². The molecule has 3 heteroatoms. The molecule has 98 valence electrons. The Morgan fingerprint density at radius 1 is 1.29 bits per heavy atom. The molecule has 2 atom stereocenters. The van der Waals surface area contributed by atoms with Crippen molar-refractivity contribution < 1.29 is 4.79 Å². The van der Waals surface area contributed by atoms with E-state index in [4.69, 9.17) is 11.6 Å². The Kier molecular flexibility index (Phi) is 4.72. The number of hydrogen-bond donors (Lipinski definition) is 0. The standard InChI is InChI=1S/C14H24ClNO/c1-11-8-9-16(13(11)10-15)14(17)7-6-12-4-2-3-5-12/h11-13H,2-10H2,1H3. The molecule has 2 nitrogen and oxygen atoms in total. The van der Waals surface area contributed by atoms with Crippen LogP contribution in [0.5, 0.6) is 0 Å². The van der Waals surface area contributed by atoms with Gasteiger partial charge in [0.05, 0.1) is 0 Å². The monoisotopic (exact) mass is 257 g/mol. The first-order valence-corrected chi connectivity index (χ1v) is 7.61. The van der Waals surface area contributed by atoms with Gasteiger partial charge in [-0.25, -0.2) is 0 Å². The van der Waals surface area contributed by atoms with Gasteiger partial charge in [-0.05, 0) is 24.7 Å². The molecule has 1 amide bonds. The number of halogens is 1. The van der Waals surface area contributed by atoms with E-state index in [9.17, 15) is 4.79 Å². The minimum atomic E-state index is 0.285. The molecule has 1 aliphatic heterocycles. The molecule has 0 aromatic carbocycles. The second kappa shape index (κ2) is 6.08. The Balaban J connectivity index is 1.78. The molecule has 0 aromatic heterocycles. The summed E-state index contributed by atoms with van der Waals surface area (Å²) in [5.74, 6) is 2.32. The van der Waals surface area contributed by atoms with E-state index in [0.717, 1.165) is 31.7 Å². The Labute approximate surface area is 110 Å². The molecule has 2 rings (SSSR count). The fourth-order valence-electron chi connectivity index (χ4n) is 3.32. The minimum absolute atomic E-state index is 0.285. The van der Waals surface area contributed by atoms with Gasteiger partial charge < -0.3 is 4.90 Å². The number of amides is 1. The molecular formula is C14H24ClNO. The largest absolute Gasteiger partial charge is 0.338 e. The number of rotatable bonds is 4. The van der Waals surface area contributed by atoms with Crippen LogP contribution >= 0.6 is 11.6 Å². The van der Waals surface area contributed by atoms with E-state index in [0.29, 0.717) is 17.7 Å². The van der Waals surface area contributed by atoms with Gasteiger partial charge in [-0.2, -0.15) is 0 Å². The summed E-state index contributed by atoms with van der Waals surface area (Å²) < 4.78 is 0. The molecule has 0 radical (unpaired) electrons. The van der Waals surface area contributed by atoms with E-state index in [1.807, 2.05) is 4.90 Å². The fraction of sp³-hybridized carbons (Fsp3) is 0.929. The van der Waals surface area contributed by atoms with Crippen molar-refractivity contribution in [2.75, 3.05) is 12.4 Å². The van der Waals surface area contributed by atoms with Crippen molar-refractivity contribution in [2.45, 2.75) is 57.9 Å². The average molecular weight is 258 g/mol. The van der Waals surface area contributed by atoms with Gasteiger partial charge in [-0.15, -0.1) is 11.6 Å². The van der Waals surface area contributed by atoms with E-state index in [1.54, 1.807) is 0 Å². The minimum Gasteiger partial charge on any atom is -0.338 e. The zero-order chi connectivity index (χ0) is 12.3. The van der Waals surface area contributed by atoms with E-state index in [2.05, 4.69) is 6.92 Å². The molecule has 0 aromatic rings. The summed E-state index contributed by atoms with van der Waals surface area (Å²) in [6.07, 6.45) is 8.36. The third-order valence-electron chi connectivity index (χ3n) is 4.60. The average Bonchev–Trinajstić information content (AvgIpc) is 2.94. The van der Waals surface area contributed by atoms with Gasteiger partial charge in [0.2, 0.25) is 5.91 Å². The van der Waals surface area contributed by atoms with Crippen molar-refractivity contribution in [1.82, 2.24) is 4.90 Å². The maximum absolute atomic E-state index is 12.2. The SMILES string of the molecule is CC1CCN(C(=O)CCC2CCCC2)C1CCl. The van der Waals surface area contributed by atoms with Crippen LogP contribution in [-0.2, 0) is 4.79 Å². The lowest BCUT2D eigenvalue weighted by Gasteiger charge is -2.25. The number of carbonyl (C=O) groups excluding carboxylic acids is 1.